The lowest BCUT2D eigenvalue weighted by atomic mass is 10.1. The summed E-state index contributed by atoms with van der Waals surface area (Å²) in [5.74, 6) is 0. The van der Waals surface area contributed by atoms with Gasteiger partial charge in [-0.05, 0) is 13.3 Å². The predicted molar refractivity (Wildman–Crippen MR) is 64.1 cm³/mol. The molecule has 0 aromatic heterocycles. The Morgan fingerprint density at radius 2 is 2.27 bits per heavy atom. The molecule has 0 heterocycles. The molecule has 15 heavy (non-hydrogen) atoms. The molecule has 0 unspecified atom stereocenters. The van der Waals surface area contributed by atoms with E-state index in [4.69, 9.17) is 5.26 Å². The zero-order chi connectivity index (χ0) is 11.5. The lowest BCUT2D eigenvalue weighted by molar-refractivity contribution is 0.821. The van der Waals surface area contributed by atoms with Crippen LogP contribution in [0.3, 0.4) is 0 Å². The summed E-state index contributed by atoms with van der Waals surface area (Å²) in [6, 6.07) is 2.09. The molecule has 0 aliphatic carbocycles. The molecule has 0 amide bonds. The van der Waals surface area contributed by atoms with Gasteiger partial charge in [-0.25, -0.2) is 0 Å². The molecule has 2 heteroatoms. The Balaban J connectivity index is 4.46. The van der Waals surface area contributed by atoms with Crippen LogP contribution in [0, 0.1) is 11.3 Å². The molecule has 0 atom stereocenters. The SMILES string of the molecule is C=C=C(NCCC#N)C(/C=C\CC)=C/C. The Kier molecular flexibility index (Phi) is 7.86. The van der Waals surface area contributed by atoms with Crippen LogP contribution in [0.4, 0.5) is 0 Å². The minimum absolute atomic E-state index is 0.486. The highest BCUT2D eigenvalue weighted by molar-refractivity contribution is 5.37. The fourth-order valence-electron chi connectivity index (χ4n) is 1.08. The average molecular weight is 202 g/mol. The number of allylic oxidation sites excluding steroid dienone is 3. The number of rotatable bonds is 6. The van der Waals surface area contributed by atoms with Gasteiger partial charge in [-0.15, -0.1) is 5.73 Å². The van der Waals surface area contributed by atoms with Crippen molar-refractivity contribution in [2.75, 3.05) is 6.54 Å². The first-order chi connectivity index (χ1) is 7.29. The van der Waals surface area contributed by atoms with Crippen LogP contribution < -0.4 is 5.32 Å². The molecule has 0 rings (SSSR count). The van der Waals surface area contributed by atoms with Gasteiger partial charge in [-0.1, -0.05) is 31.7 Å². The van der Waals surface area contributed by atoms with E-state index in [2.05, 4.69) is 36.7 Å². The van der Waals surface area contributed by atoms with Gasteiger partial charge in [0.2, 0.25) is 0 Å². The summed E-state index contributed by atoms with van der Waals surface area (Å²) in [4.78, 5) is 0. The minimum Gasteiger partial charge on any atom is -0.377 e. The van der Waals surface area contributed by atoms with E-state index in [1.54, 1.807) is 0 Å². The Labute approximate surface area is 92.3 Å². The van der Waals surface area contributed by atoms with Gasteiger partial charge in [0.15, 0.2) is 0 Å². The number of hydrogen-bond acceptors (Lipinski definition) is 2. The minimum atomic E-state index is 0.486. The second-order valence-electron chi connectivity index (χ2n) is 2.94. The van der Waals surface area contributed by atoms with E-state index in [1.165, 1.54) is 0 Å². The highest BCUT2D eigenvalue weighted by atomic mass is 14.9. The van der Waals surface area contributed by atoms with E-state index in [9.17, 15) is 0 Å². The normalized spacial score (nSPS) is 10.9. The molecule has 0 fully saturated rings. The maximum absolute atomic E-state index is 8.43. The Morgan fingerprint density at radius 1 is 1.53 bits per heavy atom. The highest BCUT2D eigenvalue weighted by Gasteiger charge is 1.98. The molecule has 0 saturated carbocycles. The van der Waals surface area contributed by atoms with E-state index < -0.39 is 0 Å². The van der Waals surface area contributed by atoms with Crippen molar-refractivity contribution in [2.24, 2.45) is 0 Å². The van der Waals surface area contributed by atoms with E-state index in [-0.39, 0.29) is 0 Å². The standard InChI is InChI=1S/C13H18N2/c1-4-7-9-12(5-2)13(6-3)15-11-8-10-14/h5,7,9,15H,3-4,8,11H2,1-2H3/b9-7-,12-5+. The van der Waals surface area contributed by atoms with Gasteiger partial charge < -0.3 is 5.32 Å². The van der Waals surface area contributed by atoms with E-state index >= 15 is 0 Å². The van der Waals surface area contributed by atoms with Crippen LogP contribution in [0.5, 0.6) is 0 Å². The van der Waals surface area contributed by atoms with Gasteiger partial charge in [0.25, 0.3) is 0 Å². The molecule has 0 radical (unpaired) electrons. The van der Waals surface area contributed by atoms with Crippen molar-refractivity contribution in [3.05, 3.63) is 41.8 Å². The highest BCUT2D eigenvalue weighted by Crippen LogP contribution is 2.07. The lowest BCUT2D eigenvalue weighted by Gasteiger charge is -2.07. The number of nitriles is 1. The van der Waals surface area contributed by atoms with Gasteiger partial charge in [0, 0.05) is 12.1 Å². The Hall–Kier alpha value is -1.71. The first-order valence-electron chi connectivity index (χ1n) is 5.14. The van der Waals surface area contributed by atoms with Crippen LogP contribution in [0.15, 0.2) is 41.8 Å². The van der Waals surface area contributed by atoms with Crippen LogP contribution >= 0.6 is 0 Å². The van der Waals surface area contributed by atoms with Crippen molar-refractivity contribution < 1.29 is 0 Å². The molecule has 0 bridgehead atoms. The molecule has 0 aromatic carbocycles. The van der Waals surface area contributed by atoms with Crippen molar-refractivity contribution in [3.63, 3.8) is 0 Å². The van der Waals surface area contributed by atoms with Crippen molar-refractivity contribution >= 4 is 0 Å². The quantitative estimate of drug-likeness (QED) is 0.408. The zero-order valence-electron chi connectivity index (χ0n) is 9.51. The largest absolute Gasteiger partial charge is 0.377 e. The molecule has 0 aliphatic heterocycles. The maximum Gasteiger partial charge on any atom is 0.0838 e. The van der Waals surface area contributed by atoms with Crippen LogP contribution in [-0.4, -0.2) is 6.54 Å². The summed E-state index contributed by atoms with van der Waals surface area (Å²) in [6.45, 7) is 8.32. The van der Waals surface area contributed by atoms with E-state index in [0.717, 1.165) is 17.7 Å². The van der Waals surface area contributed by atoms with Crippen LogP contribution in [0.2, 0.25) is 0 Å². The summed E-state index contributed by atoms with van der Waals surface area (Å²) in [5.41, 5.74) is 4.77. The van der Waals surface area contributed by atoms with Crippen molar-refractivity contribution in [1.29, 1.82) is 5.26 Å². The molecule has 0 saturated heterocycles. The van der Waals surface area contributed by atoms with Gasteiger partial charge in [-0.3, -0.25) is 0 Å². The van der Waals surface area contributed by atoms with Crippen molar-refractivity contribution in [1.82, 2.24) is 5.32 Å². The fourth-order valence-corrected chi connectivity index (χ4v) is 1.08. The van der Waals surface area contributed by atoms with E-state index in [0.29, 0.717) is 13.0 Å². The molecule has 2 nitrogen and oxygen atoms in total. The third-order valence-corrected chi connectivity index (χ3v) is 1.85. The lowest BCUT2D eigenvalue weighted by Crippen LogP contribution is -2.14. The van der Waals surface area contributed by atoms with Crippen molar-refractivity contribution in [3.8, 4) is 6.07 Å². The number of nitrogens with one attached hydrogen (secondary N) is 1. The zero-order valence-corrected chi connectivity index (χ0v) is 9.51. The first kappa shape index (κ1) is 13.3. The van der Waals surface area contributed by atoms with Gasteiger partial charge >= 0.3 is 0 Å². The van der Waals surface area contributed by atoms with Gasteiger partial charge in [-0.2, -0.15) is 5.26 Å². The second-order valence-corrected chi connectivity index (χ2v) is 2.94. The van der Waals surface area contributed by atoms with Crippen LogP contribution in [-0.2, 0) is 0 Å². The Bertz CT molecular complexity index is 323. The number of nitrogens with zero attached hydrogens (tertiary/aromatic N) is 1. The molecule has 0 aliphatic rings. The van der Waals surface area contributed by atoms with Gasteiger partial charge in [0.1, 0.15) is 0 Å². The third kappa shape index (κ3) is 5.57. The molecular formula is C13H18N2. The topological polar surface area (TPSA) is 35.8 Å². The summed E-state index contributed by atoms with van der Waals surface area (Å²) >= 11 is 0. The maximum atomic E-state index is 8.43. The summed E-state index contributed by atoms with van der Waals surface area (Å²) in [7, 11) is 0. The predicted octanol–water partition coefficient (Wildman–Crippen LogP) is 3.07. The fraction of sp³-hybridized carbons (Fsp3) is 0.385. The smallest absolute Gasteiger partial charge is 0.0838 e. The molecule has 0 aromatic rings. The summed E-state index contributed by atoms with van der Waals surface area (Å²) < 4.78 is 0. The van der Waals surface area contributed by atoms with Gasteiger partial charge in [0.05, 0.1) is 18.2 Å². The third-order valence-electron chi connectivity index (χ3n) is 1.85. The average Bonchev–Trinajstić information content (AvgIpc) is 2.27. The molecule has 80 valence electrons. The summed E-state index contributed by atoms with van der Waals surface area (Å²) in [6.07, 6.45) is 7.60. The van der Waals surface area contributed by atoms with Crippen LogP contribution in [0.1, 0.15) is 26.7 Å². The van der Waals surface area contributed by atoms with Crippen LogP contribution in [0.25, 0.3) is 0 Å². The first-order valence-corrected chi connectivity index (χ1v) is 5.14. The molecule has 1 N–H and O–H groups in total. The molecule has 0 spiro atoms. The second kappa shape index (κ2) is 8.87. The van der Waals surface area contributed by atoms with E-state index in [1.807, 2.05) is 19.1 Å². The molecular weight excluding hydrogens is 184 g/mol. The summed E-state index contributed by atoms with van der Waals surface area (Å²) in [5, 5.41) is 11.6. The Morgan fingerprint density at radius 3 is 2.73 bits per heavy atom. The van der Waals surface area contributed by atoms with Crippen molar-refractivity contribution in [2.45, 2.75) is 26.7 Å². The monoisotopic (exact) mass is 202 g/mol. The number of hydrogen-bond donors (Lipinski definition) is 1.